The van der Waals surface area contributed by atoms with Gasteiger partial charge in [-0.1, -0.05) is 18.5 Å². The van der Waals surface area contributed by atoms with Crippen LogP contribution in [0.25, 0.3) is 0 Å². The van der Waals surface area contributed by atoms with E-state index < -0.39 is 64.4 Å². The van der Waals surface area contributed by atoms with Crippen molar-refractivity contribution in [3.8, 4) is 5.75 Å². The fourth-order valence-corrected chi connectivity index (χ4v) is 7.89. The van der Waals surface area contributed by atoms with Gasteiger partial charge >= 0.3 is 0 Å². The first-order chi connectivity index (χ1) is 18.3. The number of aromatic hydroxyl groups is 1. The Balaban J connectivity index is 1.57. The highest BCUT2D eigenvalue weighted by molar-refractivity contribution is 6.34. The van der Waals surface area contributed by atoms with Gasteiger partial charge in [0, 0.05) is 23.5 Å². The first kappa shape index (κ1) is 27.9. The summed E-state index contributed by atoms with van der Waals surface area (Å²) in [6, 6.07) is 0.737. The molecule has 4 N–H and O–H groups in total. The van der Waals surface area contributed by atoms with Crippen molar-refractivity contribution in [2.45, 2.75) is 63.3 Å². The number of hydrogen-bond donors (Lipinski definition) is 3. The van der Waals surface area contributed by atoms with E-state index in [-0.39, 0.29) is 24.2 Å². The zero-order valence-electron chi connectivity index (χ0n) is 22.3. The molecule has 1 aromatic carbocycles. The Morgan fingerprint density at radius 3 is 2.54 bits per heavy atom. The Hall–Kier alpha value is -2.66. The molecular formula is C28H34ClN3O7. The number of carbonyl (C=O) groups excluding carboxylic acids is 5. The molecule has 0 spiro atoms. The van der Waals surface area contributed by atoms with Gasteiger partial charge in [-0.25, -0.2) is 0 Å². The average Bonchev–Trinajstić information content (AvgIpc) is 3.31. The Morgan fingerprint density at radius 1 is 1.23 bits per heavy atom. The second-order valence-corrected chi connectivity index (χ2v) is 12.1. The van der Waals surface area contributed by atoms with E-state index in [1.54, 1.807) is 14.1 Å². The molecule has 5 rings (SSSR count). The van der Waals surface area contributed by atoms with Gasteiger partial charge in [-0.05, 0) is 75.9 Å². The van der Waals surface area contributed by atoms with E-state index in [4.69, 9.17) is 17.3 Å². The number of Topliss-reactive ketones (excluding diaryl/α,β-unsaturated/α-hetero) is 4. The lowest BCUT2D eigenvalue weighted by atomic mass is 9.52. The van der Waals surface area contributed by atoms with E-state index in [1.807, 2.05) is 0 Å². The van der Waals surface area contributed by atoms with Gasteiger partial charge < -0.3 is 15.9 Å². The predicted octanol–water partition coefficient (Wildman–Crippen LogP) is 0.895. The summed E-state index contributed by atoms with van der Waals surface area (Å²) >= 11 is 6.85. The molecular weight excluding hydrogens is 526 g/mol. The van der Waals surface area contributed by atoms with Gasteiger partial charge in [-0.15, -0.1) is 0 Å². The van der Waals surface area contributed by atoms with Crippen molar-refractivity contribution in [1.29, 1.82) is 0 Å². The van der Waals surface area contributed by atoms with Gasteiger partial charge in [-0.2, -0.15) is 0 Å². The third-order valence-corrected chi connectivity index (χ3v) is 9.88. The van der Waals surface area contributed by atoms with Crippen molar-refractivity contribution in [1.82, 2.24) is 9.80 Å². The molecule has 7 atom stereocenters. The zero-order valence-corrected chi connectivity index (χ0v) is 23.0. The van der Waals surface area contributed by atoms with Crippen LogP contribution in [0.1, 0.15) is 54.1 Å². The average molecular weight is 560 g/mol. The fraction of sp³-hybridized carbons (Fsp3) is 0.607. The van der Waals surface area contributed by atoms with E-state index in [0.29, 0.717) is 28.7 Å². The zero-order chi connectivity index (χ0) is 28.5. The van der Waals surface area contributed by atoms with Crippen LogP contribution in [0, 0.1) is 23.7 Å². The molecule has 10 nitrogen and oxygen atoms in total. The molecule has 3 fully saturated rings. The molecule has 39 heavy (non-hydrogen) atoms. The van der Waals surface area contributed by atoms with Gasteiger partial charge in [0.1, 0.15) is 5.75 Å². The van der Waals surface area contributed by atoms with Crippen LogP contribution in [0.15, 0.2) is 6.07 Å². The van der Waals surface area contributed by atoms with Crippen molar-refractivity contribution >= 4 is 40.6 Å². The molecule has 1 amide bonds. The molecule has 0 bridgehead atoms. The number of primary amides is 1. The normalized spacial score (nSPS) is 34.7. The van der Waals surface area contributed by atoms with Crippen molar-refractivity contribution in [2.75, 3.05) is 20.6 Å². The minimum atomic E-state index is -2.73. The molecule has 210 valence electrons. The van der Waals surface area contributed by atoms with E-state index in [9.17, 15) is 34.2 Å². The van der Waals surface area contributed by atoms with E-state index in [2.05, 4.69) is 11.8 Å². The summed E-state index contributed by atoms with van der Waals surface area (Å²) in [6.07, 6.45) is 3.30. The summed E-state index contributed by atoms with van der Waals surface area (Å²) in [6.45, 7) is 3.55. The maximum absolute atomic E-state index is 13.9. The lowest BCUT2D eigenvalue weighted by Gasteiger charge is -2.52. The molecule has 1 heterocycles. The Bertz CT molecular complexity index is 1300. The van der Waals surface area contributed by atoms with Crippen LogP contribution in [-0.2, 0) is 32.1 Å². The number of aliphatic hydroxyl groups is 1. The smallest absolute Gasteiger partial charge is 0.235 e. The third kappa shape index (κ3) is 3.98. The summed E-state index contributed by atoms with van der Waals surface area (Å²) < 4.78 is 0. The number of halogens is 1. The molecule has 0 aromatic heterocycles. The van der Waals surface area contributed by atoms with E-state index >= 15 is 0 Å². The third-order valence-electron chi connectivity index (χ3n) is 9.41. The summed E-state index contributed by atoms with van der Waals surface area (Å²) in [5.74, 6) is -10.6. The number of rotatable bonds is 5. The van der Waals surface area contributed by atoms with Gasteiger partial charge in [-0.3, -0.25) is 33.8 Å². The largest absolute Gasteiger partial charge is 0.507 e. The van der Waals surface area contributed by atoms with Crippen LogP contribution >= 0.6 is 11.6 Å². The van der Waals surface area contributed by atoms with Crippen molar-refractivity contribution < 1.29 is 34.2 Å². The Kier molecular flexibility index (Phi) is 6.98. The number of amides is 1. The molecule has 4 aliphatic rings. The van der Waals surface area contributed by atoms with E-state index in [1.165, 1.54) is 11.0 Å². The van der Waals surface area contributed by atoms with Crippen LogP contribution in [0.3, 0.4) is 0 Å². The molecule has 1 aromatic rings. The second kappa shape index (κ2) is 9.76. The van der Waals surface area contributed by atoms with Crippen LogP contribution in [0.5, 0.6) is 5.75 Å². The number of ketones is 4. The minimum absolute atomic E-state index is 0.00471. The molecule has 1 aliphatic heterocycles. The van der Waals surface area contributed by atoms with Crippen LogP contribution < -0.4 is 5.73 Å². The highest BCUT2D eigenvalue weighted by Crippen LogP contribution is 2.52. The second-order valence-electron chi connectivity index (χ2n) is 11.7. The highest BCUT2D eigenvalue weighted by atomic mass is 35.5. The lowest BCUT2D eigenvalue weighted by Crippen LogP contribution is -2.74. The SMILES string of the molecule is CCC1CCCN1Cc1cc(O)c2c(c1Cl)C[C@H]1C[C@H]3[C@H](N(C)C)C(=O)C(C(N)=O)C(=O)[C@@]3(O)C(=O)C1C2=O. The molecule has 3 aliphatic carbocycles. The number of likely N-dealkylation sites (N-methyl/N-ethyl adjacent to an activating group) is 1. The highest BCUT2D eigenvalue weighted by Gasteiger charge is 2.69. The Morgan fingerprint density at radius 2 is 1.92 bits per heavy atom. The van der Waals surface area contributed by atoms with Crippen LogP contribution in [0.4, 0.5) is 0 Å². The van der Waals surface area contributed by atoms with Crippen molar-refractivity contribution in [3.05, 3.63) is 27.8 Å². The first-order valence-corrected chi connectivity index (χ1v) is 13.8. The maximum Gasteiger partial charge on any atom is 0.235 e. The quantitative estimate of drug-likeness (QED) is 0.445. The predicted molar refractivity (Wildman–Crippen MR) is 140 cm³/mol. The molecule has 1 saturated heterocycles. The number of benzene rings is 1. The number of fused-ring (bicyclic) bond motifs is 3. The van der Waals surface area contributed by atoms with Gasteiger partial charge in [0.2, 0.25) is 5.91 Å². The number of nitrogens with two attached hydrogens (primary N) is 1. The number of phenols is 1. The summed E-state index contributed by atoms with van der Waals surface area (Å²) in [4.78, 5) is 70.0. The topological polar surface area (TPSA) is 158 Å². The van der Waals surface area contributed by atoms with Gasteiger partial charge in [0.25, 0.3) is 0 Å². The number of carbonyl (C=O) groups is 5. The Labute approximate surface area is 231 Å². The number of hydrogen-bond acceptors (Lipinski definition) is 9. The van der Waals surface area contributed by atoms with Crippen molar-refractivity contribution in [2.24, 2.45) is 29.4 Å². The van der Waals surface area contributed by atoms with E-state index in [0.717, 1.165) is 25.8 Å². The van der Waals surface area contributed by atoms with Crippen LogP contribution in [0.2, 0.25) is 5.02 Å². The van der Waals surface area contributed by atoms with Crippen molar-refractivity contribution in [3.63, 3.8) is 0 Å². The fourth-order valence-electron chi connectivity index (χ4n) is 7.61. The first-order valence-electron chi connectivity index (χ1n) is 13.5. The number of phenolic OH excluding ortho intramolecular Hbond substituents is 1. The molecule has 11 heteroatoms. The number of nitrogens with zero attached hydrogens (tertiary/aromatic N) is 2. The molecule has 0 radical (unpaired) electrons. The van der Waals surface area contributed by atoms with Gasteiger partial charge in [0.05, 0.1) is 17.5 Å². The summed E-state index contributed by atoms with van der Waals surface area (Å²) in [5, 5.41) is 23.0. The van der Waals surface area contributed by atoms with Crippen LogP contribution in [-0.4, -0.2) is 87.4 Å². The standard InChI is InChI=1S/C28H34ClN3O7/c1-4-14-6-5-7-32(14)11-13-10-17(33)19-15(21(13)29)8-12-9-16-22(31(2)3)24(35)20(27(30)38)26(37)28(16,39)25(36)18(12)23(19)34/h10,12,14,16,18,20,22,33,39H,4-9,11H2,1-3H3,(H2,30,38)/t12-,14?,16-,18?,20?,22-,28-/m0/s1. The monoisotopic (exact) mass is 559 g/mol. The summed E-state index contributed by atoms with van der Waals surface area (Å²) in [5.41, 5.74) is 3.66. The maximum atomic E-state index is 13.9. The minimum Gasteiger partial charge on any atom is -0.507 e. The lowest BCUT2D eigenvalue weighted by molar-refractivity contribution is -0.181. The molecule has 3 unspecified atom stereocenters. The number of likely N-dealkylation sites (tertiary alicyclic amines) is 1. The van der Waals surface area contributed by atoms with Gasteiger partial charge in [0.15, 0.2) is 34.7 Å². The summed E-state index contributed by atoms with van der Waals surface area (Å²) in [7, 11) is 3.11. The molecule has 2 saturated carbocycles.